The molecule has 2 rings (SSSR count). The normalized spacial score (nSPS) is 12.9. The van der Waals surface area contributed by atoms with Crippen LogP contribution in [-0.2, 0) is 6.42 Å². The van der Waals surface area contributed by atoms with Gasteiger partial charge in [-0.15, -0.1) is 11.6 Å². The van der Waals surface area contributed by atoms with E-state index in [0.29, 0.717) is 17.6 Å². The van der Waals surface area contributed by atoms with Gasteiger partial charge in [-0.1, -0.05) is 6.07 Å². The summed E-state index contributed by atoms with van der Waals surface area (Å²) < 4.78 is 1.62. The van der Waals surface area contributed by atoms with Crippen molar-refractivity contribution in [2.24, 2.45) is 0 Å². The van der Waals surface area contributed by atoms with E-state index in [9.17, 15) is 4.79 Å². The Hall–Kier alpha value is -1.35. The van der Waals surface area contributed by atoms with Crippen molar-refractivity contribution in [1.82, 2.24) is 9.38 Å². The molecule has 2 aromatic heterocycles. The number of halogens is 1. The molecule has 0 fully saturated rings. The van der Waals surface area contributed by atoms with E-state index in [0.717, 1.165) is 5.69 Å². The van der Waals surface area contributed by atoms with Crippen LogP contribution in [0.4, 0.5) is 0 Å². The van der Waals surface area contributed by atoms with Crippen LogP contribution < -0.4 is 5.56 Å². The quantitative estimate of drug-likeness (QED) is 0.749. The van der Waals surface area contributed by atoms with Crippen molar-refractivity contribution in [3.63, 3.8) is 0 Å². The number of hydrogen-bond acceptors (Lipinski definition) is 2. The lowest BCUT2D eigenvalue weighted by Crippen LogP contribution is -2.22. The molecule has 0 bridgehead atoms. The maximum Gasteiger partial charge on any atom is 0.261 e. The van der Waals surface area contributed by atoms with Crippen molar-refractivity contribution < 1.29 is 0 Å². The molecular formula is C12H13ClN2O. The van der Waals surface area contributed by atoms with Crippen LogP contribution in [0.2, 0.25) is 0 Å². The highest BCUT2D eigenvalue weighted by molar-refractivity contribution is 6.20. The maximum atomic E-state index is 12.1. The molecular weight excluding hydrogens is 224 g/mol. The Labute approximate surface area is 98.7 Å². The molecule has 0 saturated heterocycles. The van der Waals surface area contributed by atoms with Gasteiger partial charge >= 0.3 is 0 Å². The van der Waals surface area contributed by atoms with Crippen LogP contribution in [0.1, 0.15) is 18.2 Å². The number of aryl methyl sites for hydroxylation is 1. The molecule has 0 saturated carbocycles. The minimum Gasteiger partial charge on any atom is -0.269 e. The van der Waals surface area contributed by atoms with Crippen molar-refractivity contribution in [3.8, 4) is 0 Å². The molecule has 16 heavy (non-hydrogen) atoms. The maximum absolute atomic E-state index is 12.1. The van der Waals surface area contributed by atoms with Crippen LogP contribution in [0.15, 0.2) is 29.2 Å². The number of aromatic nitrogens is 2. The van der Waals surface area contributed by atoms with Gasteiger partial charge in [-0.25, -0.2) is 4.98 Å². The van der Waals surface area contributed by atoms with Crippen molar-refractivity contribution in [1.29, 1.82) is 0 Å². The summed E-state index contributed by atoms with van der Waals surface area (Å²) in [7, 11) is 0. The molecule has 84 valence electrons. The summed E-state index contributed by atoms with van der Waals surface area (Å²) >= 11 is 5.90. The van der Waals surface area contributed by atoms with Gasteiger partial charge in [-0.05, 0) is 32.4 Å². The monoisotopic (exact) mass is 236 g/mol. The Bertz CT molecular complexity index is 575. The van der Waals surface area contributed by atoms with Gasteiger partial charge in [0, 0.05) is 22.8 Å². The molecule has 0 aliphatic rings. The predicted octanol–water partition coefficient (Wildman–Crippen LogP) is 2.17. The Kier molecular flexibility index (Phi) is 2.97. The van der Waals surface area contributed by atoms with Crippen molar-refractivity contribution in [2.75, 3.05) is 0 Å². The Balaban J connectivity index is 2.69. The molecule has 0 amide bonds. The third-order valence-corrected chi connectivity index (χ3v) is 2.65. The van der Waals surface area contributed by atoms with E-state index in [2.05, 4.69) is 4.98 Å². The van der Waals surface area contributed by atoms with E-state index in [1.54, 1.807) is 10.6 Å². The van der Waals surface area contributed by atoms with Crippen molar-refractivity contribution in [3.05, 3.63) is 46.0 Å². The number of rotatable bonds is 2. The molecule has 0 aliphatic heterocycles. The van der Waals surface area contributed by atoms with Gasteiger partial charge in [0.15, 0.2) is 0 Å². The van der Waals surface area contributed by atoms with Crippen molar-refractivity contribution >= 4 is 17.2 Å². The van der Waals surface area contributed by atoms with Crippen LogP contribution in [0.3, 0.4) is 0 Å². The van der Waals surface area contributed by atoms with Gasteiger partial charge in [0.05, 0.1) is 0 Å². The molecule has 1 atom stereocenters. The highest BCUT2D eigenvalue weighted by atomic mass is 35.5. The second-order valence-electron chi connectivity index (χ2n) is 3.93. The smallest absolute Gasteiger partial charge is 0.261 e. The highest BCUT2D eigenvalue weighted by Crippen LogP contribution is 2.06. The van der Waals surface area contributed by atoms with Gasteiger partial charge in [-0.3, -0.25) is 9.20 Å². The van der Waals surface area contributed by atoms with Crippen LogP contribution in [0.5, 0.6) is 0 Å². The number of alkyl halides is 1. The number of nitrogens with zero attached hydrogens (tertiary/aromatic N) is 2. The van der Waals surface area contributed by atoms with E-state index in [1.165, 1.54) is 0 Å². The van der Waals surface area contributed by atoms with Crippen LogP contribution >= 0.6 is 11.6 Å². The summed E-state index contributed by atoms with van der Waals surface area (Å²) in [6.07, 6.45) is 2.17. The SMILES string of the molecule is Cc1cccc2ncc(C[C@@H](C)Cl)c(=O)n12. The summed E-state index contributed by atoms with van der Waals surface area (Å²) in [6.45, 7) is 3.76. The lowest BCUT2D eigenvalue weighted by Gasteiger charge is -2.07. The molecule has 0 spiro atoms. The topological polar surface area (TPSA) is 34.4 Å². The van der Waals surface area contributed by atoms with Gasteiger partial charge in [0.25, 0.3) is 5.56 Å². The van der Waals surface area contributed by atoms with E-state index in [-0.39, 0.29) is 10.9 Å². The lowest BCUT2D eigenvalue weighted by molar-refractivity contribution is 0.871. The minimum absolute atomic E-state index is 0.0180. The summed E-state index contributed by atoms with van der Waals surface area (Å²) in [5, 5.41) is -0.0587. The first-order valence-electron chi connectivity index (χ1n) is 5.20. The molecule has 3 nitrogen and oxygen atoms in total. The zero-order valence-electron chi connectivity index (χ0n) is 9.27. The zero-order chi connectivity index (χ0) is 11.7. The molecule has 0 unspecified atom stereocenters. The molecule has 4 heteroatoms. The third kappa shape index (κ3) is 1.95. The molecule has 0 aromatic carbocycles. The van der Waals surface area contributed by atoms with Gasteiger partial charge in [0.1, 0.15) is 5.65 Å². The first-order chi connectivity index (χ1) is 7.59. The summed E-state index contributed by atoms with van der Waals surface area (Å²) in [5.74, 6) is 0. The largest absolute Gasteiger partial charge is 0.269 e. The molecule has 2 aromatic rings. The number of hydrogen-bond donors (Lipinski definition) is 0. The summed E-state index contributed by atoms with van der Waals surface area (Å²) in [4.78, 5) is 16.4. The standard InChI is InChI=1S/C12H13ClN2O/c1-8(13)6-10-7-14-11-5-3-4-9(2)15(11)12(10)16/h3-5,7-8H,6H2,1-2H3/t8-/m1/s1. The van der Waals surface area contributed by atoms with E-state index in [1.807, 2.05) is 32.0 Å². The first-order valence-corrected chi connectivity index (χ1v) is 5.63. The fourth-order valence-corrected chi connectivity index (χ4v) is 1.92. The number of fused-ring (bicyclic) bond motifs is 1. The van der Waals surface area contributed by atoms with E-state index >= 15 is 0 Å². The fraction of sp³-hybridized carbons (Fsp3) is 0.333. The van der Waals surface area contributed by atoms with Gasteiger partial charge in [-0.2, -0.15) is 0 Å². The van der Waals surface area contributed by atoms with Crippen LogP contribution in [0, 0.1) is 6.92 Å². The third-order valence-electron chi connectivity index (χ3n) is 2.50. The highest BCUT2D eigenvalue weighted by Gasteiger charge is 2.08. The fourth-order valence-electron chi connectivity index (χ4n) is 1.75. The van der Waals surface area contributed by atoms with Gasteiger partial charge in [0.2, 0.25) is 0 Å². The molecule has 0 radical (unpaired) electrons. The molecule has 0 N–H and O–H groups in total. The zero-order valence-corrected chi connectivity index (χ0v) is 10.0. The minimum atomic E-state index is -0.0587. The number of pyridine rings is 1. The average molecular weight is 237 g/mol. The first kappa shape index (κ1) is 11.1. The summed E-state index contributed by atoms with van der Waals surface area (Å²) in [5.41, 5.74) is 2.21. The second kappa shape index (κ2) is 4.26. The lowest BCUT2D eigenvalue weighted by atomic mass is 10.2. The van der Waals surface area contributed by atoms with Crippen LogP contribution in [-0.4, -0.2) is 14.8 Å². The second-order valence-corrected chi connectivity index (χ2v) is 4.68. The Morgan fingerprint density at radius 2 is 2.25 bits per heavy atom. The predicted molar refractivity (Wildman–Crippen MR) is 65.2 cm³/mol. The molecule has 0 aliphatic carbocycles. The Morgan fingerprint density at radius 1 is 1.50 bits per heavy atom. The van der Waals surface area contributed by atoms with Crippen LogP contribution in [0.25, 0.3) is 5.65 Å². The van der Waals surface area contributed by atoms with Crippen molar-refractivity contribution in [2.45, 2.75) is 25.6 Å². The molecule has 2 heterocycles. The Morgan fingerprint density at radius 3 is 2.94 bits per heavy atom. The average Bonchev–Trinajstić information content (AvgIpc) is 2.22. The van der Waals surface area contributed by atoms with Gasteiger partial charge < -0.3 is 0 Å². The van der Waals surface area contributed by atoms with E-state index in [4.69, 9.17) is 11.6 Å². The van der Waals surface area contributed by atoms with E-state index < -0.39 is 0 Å². The summed E-state index contributed by atoms with van der Waals surface area (Å²) in [6, 6.07) is 5.60.